The number of hydrogen-bond donors (Lipinski definition) is 2. The monoisotopic (exact) mass is 486 g/mol. The van der Waals surface area contributed by atoms with Gasteiger partial charge in [-0.2, -0.15) is 4.31 Å². The topological polar surface area (TPSA) is 91.0 Å². The number of amides is 1. The maximum absolute atomic E-state index is 13.3. The molecule has 2 heterocycles. The summed E-state index contributed by atoms with van der Waals surface area (Å²) >= 11 is 0. The van der Waals surface area contributed by atoms with Crippen LogP contribution in [0.5, 0.6) is 0 Å². The highest BCUT2D eigenvalue weighted by atomic mass is 32.2. The predicted octanol–water partition coefficient (Wildman–Crippen LogP) is 3.37. The Kier molecular flexibility index (Phi) is 7.75. The maximum atomic E-state index is 13.3. The van der Waals surface area contributed by atoms with Gasteiger partial charge in [0.15, 0.2) is 0 Å². The highest BCUT2D eigenvalue weighted by Gasteiger charge is 2.27. The molecule has 9 heteroatoms. The molecule has 2 aliphatic heterocycles. The van der Waals surface area contributed by atoms with Gasteiger partial charge in [-0.25, -0.2) is 8.42 Å². The van der Waals surface area contributed by atoms with Crippen LogP contribution in [0.15, 0.2) is 41.3 Å². The van der Waals surface area contributed by atoms with E-state index in [2.05, 4.69) is 15.5 Å². The third kappa shape index (κ3) is 5.54. The average Bonchev–Trinajstić information content (AvgIpc) is 2.86. The fraction of sp³-hybridized carbons (Fsp3) is 0.480. The van der Waals surface area contributed by atoms with Gasteiger partial charge in [0.05, 0.1) is 36.0 Å². The molecule has 2 aliphatic rings. The number of piperidine rings is 1. The fourth-order valence-corrected chi connectivity index (χ4v) is 5.95. The number of sulfonamides is 1. The molecule has 0 aromatic heterocycles. The molecule has 0 saturated carbocycles. The first-order chi connectivity index (χ1) is 16.4. The van der Waals surface area contributed by atoms with Crippen LogP contribution in [-0.2, 0) is 19.6 Å². The van der Waals surface area contributed by atoms with Crippen LogP contribution in [0.1, 0.15) is 30.4 Å². The van der Waals surface area contributed by atoms with Crippen molar-refractivity contribution in [3.8, 4) is 0 Å². The number of aryl methyl sites for hydroxylation is 1. The highest BCUT2D eigenvalue weighted by Crippen LogP contribution is 2.31. The molecule has 2 fully saturated rings. The number of ether oxygens (including phenoxy) is 1. The lowest BCUT2D eigenvalue weighted by Crippen LogP contribution is -2.37. The van der Waals surface area contributed by atoms with Crippen molar-refractivity contribution in [2.75, 3.05) is 61.5 Å². The summed E-state index contributed by atoms with van der Waals surface area (Å²) in [5.41, 5.74) is 4.42. The molecule has 1 amide bonds. The summed E-state index contributed by atoms with van der Waals surface area (Å²) in [4.78, 5) is 15.1. The number of carbonyl (C=O) groups is 1. The Balaban J connectivity index is 1.55. The zero-order chi connectivity index (χ0) is 24.1. The molecule has 2 aromatic carbocycles. The van der Waals surface area contributed by atoms with Crippen LogP contribution in [-0.4, -0.2) is 64.6 Å². The number of hydrogen-bond acceptors (Lipinski definition) is 6. The van der Waals surface area contributed by atoms with Crippen molar-refractivity contribution in [3.05, 3.63) is 47.5 Å². The van der Waals surface area contributed by atoms with E-state index in [0.29, 0.717) is 45.1 Å². The molecule has 0 unspecified atom stereocenters. The number of nitrogens with one attached hydrogen (secondary N) is 2. The quantitative estimate of drug-likeness (QED) is 0.624. The van der Waals surface area contributed by atoms with Crippen molar-refractivity contribution >= 4 is 33.0 Å². The molecule has 34 heavy (non-hydrogen) atoms. The molecule has 0 bridgehead atoms. The minimum absolute atomic E-state index is 0.0257. The van der Waals surface area contributed by atoms with Crippen LogP contribution in [0, 0.1) is 13.8 Å². The highest BCUT2D eigenvalue weighted by molar-refractivity contribution is 7.89. The first-order valence-electron chi connectivity index (χ1n) is 11.9. The van der Waals surface area contributed by atoms with Gasteiger partial charge < -0.3 is 20.3 Å². The Bertz CT molecular complexity index is 1120. The SMILES string of the molecule is Cc1cccc(NC(=O)CNc2cc(S(=O)(=O)N3CCCCC3)ccc2N2CCOCC2)c1C. The second kappa shape index (κ2) is 10.8. The minimum Gasteiger partial charge on any atom is -0.378 e. The third-order valence-electron chi connectivity index (χ3n) is 6.59. The van der Waals surface area contributed by atoms with Crippen LogP contribution < -0.4 is 15.5 Å². The largest absolute Gasteiger partial charge is 0.378 e. The first-order valence-corrected chi connectivity index (χ1v) is 13.4. The summed E-state index contributed by atoms with van der Waals surface area (Å²) in [7, 11) is -3.58. The summed E-state index contributed by atoms with van der Waals surface area (Å²) in [6.07, 6.45) is 2.83. The average molecular weight is 487 g/mol. The Labute approximate surface area is 202 Å². The lowest BCUT2D eigenvalue weighted by atomic mass is 10.1. The lowest BCUT2D eigenvalue weighted by Gasteiger charge is -2.31. The van der Waals surface area contributed by atoms with Crippen molar-refractivity contribution in [3.63, 3.8) is 0 Å². The molecule has 0 radical (unpaired) electrons. The van der Waals surface area contributed by atoms with Crippen molar-refractivity contribution in [2.24, 2.45) is 0 Å². The van der Waals surface area contributed by atoms with E-state index in [1.807, 2.05) is 38.1 Å². The summed E-state index contributed by atoms with van der Waals surface area (Å²) < 4.78 is 33.6. The second-order valence-corrected chi connectivity index (χ2v) is 10.8. The lowest BCUT2D eigenvalue weighted by molar-refractivity contribution is -0.114. The van der Waals surface area contributed by atoms with E-state index in [1.54, 1.807) is 16.4 Å². The van der Waals surface area contributed by atoms with Gasteiger partial charge >= 0.3 is 0 Å². The molecule has 2 aromatic rings. The van der Waals surface area contributed by atoms with Gasteiger partial charge in [0.1, 0.15) is 0 Å². The molecular weight excluding hydrogens is 452 g/mol. The van der Waals surface area contributed by atoms with Crippen molar-refractivity contribution < 1.29 is 17.9 Å². The Morgan fingerprint density at radius 3 is 2.44 bits per heavy atom. The molecule has 4 rings (SSSR count). The minimum atomic E-state index is -3.58. The van der Waals surface area contributed by atoms with E-state index in [9.17, 15) is 13.2 Å². The van der Waals surface area contributed by atoms with Gasteiger partial charge in [0.2, 0.25) is 15.9 Å². The molecule has 0 atom stereocenters. The smallest absolute Gasteiger partial charge is 0.243 e. The Hall–Kier alpha value is -2.62. The number of anilines is 3. The molecule has 0 aliphatic carbocycles. The van der Waals surface area contributed by atoms with E-state index in [1.165, 1.54) is 0 Å². The normalized spacial score (nSPS) is 17.4. The Morgan fingerprint density at radius 2 is 1.71 bits per heavy atom. The van der Waals surface area contributed by atoms with Crippen LogP contribution >= 0.6 is 0 Å². The molecular formula is C25H34N4O4S. The van der Waals surface area contributed by atoms with E-state index in [0.717, 1.165) is 41.8 Å². The standard InChI is InChI=1S/C25H34N4O4S/c1-19-7-6-8-22(20(19)2)27-25(30)18-26-23-17-21(34(31,32)29-11-4-3-5-12-29)9-10-24(23)28-13-15-33-16-14-28/h6-10,17,26H,3-5,11-16,18H2,1-2H3,(H,27,30). The first kappa shape index (κ1) is 24.5. The summed E-state index contributed by atoms with van der Waals surface area (Å²) in [6.45, 7) is 7.75. The van der Waals surface area contributed by atoms with Gasteiger partial charge in [0.25, 0.3) is 0 Å². The number of carbonyl (C=O) groups excluding carboxylic acids is 1. The van der Waals surface area contributed by atoms with Crippen LogP contribution in [0.2, 0.25) is 0 Å². The van der Waals surface area contributed by atoms with E-state index in [4.69, 9.17) is 4.74 Å². The zero-order valence-electron chi connectivity index (χ0n) is 20.0. The molecule has 0 spiro atoms. The van der Waals surface area contributed by atoms with E-state index in [-0.39, 0.29) is 17.3 Å². The van der Waals surface area contributed by atoms with Gasteiger partial charge in [-0.15, -0.1) is 0 Å². The summed E-state index contributed by atoms with van der Waals surface area (Å²) in [6, 6.07) is 11.0. The van der Waals surface area contributed by atoms with Gasteiger partial charge in [-0.05, 0) is 62.1 Å². The number of nitrogens with zero attached hydrogens (tertiary/aromatic N) is 2. The predicted molar refractivity (Wildman–Crippen MR) is 135 cm³/mol. The zero-order valence-corrected chi connectivity index (χ0v) is 20.8. The number of benzene rings is 2. The second-order valence-electron chi connectivity index (χ2n) is 8.89. The molecule has 2 saturated heterocycles. The summed E-state index contributed by atoms with van der Waals surface area (Å²) in [5.74, 6) is -0.189. The van der Waals surface area contributed by atoms with Gasteiger partial charge in [0, 0.05) is 31.9 Å². The summed E-state index contributed by atoms with van der Waals surface area (Å²) in [5, 5.41) is 6.16. The van der Waals surface area contributed by atoms with Crippen LogP contribution in [0.3, 0.4) is 0 Å². The molecule has 8 nitrogen and oxygen atoms in total. The molecule has 184 valence electrons. The van der Waals surface area contributed by atoms with Crippen molar-refractivity contribution in [2.45, 2.75) is 38.0 Å². The van der Waals surface area contributed by atoms with Crippen molar-refractivity contribution in [1.29, 1.82) is 0 Å². The van der Waals surface area contributed by atoms with Crippen LogP contribution in [0.25, 0.3) is 0 Å². The third-order valence-corrected chi connectivity index (χ3v) is 8.49. The van der Waals surface area contributed by atoms with Crippen molar-refractivity contribution in [1.82, 2.24) is 4.31 Å². The van der Waals surface area contributed by atoms with Gasteiger partial charge in [-0.3, -0.25) is 4.79 Å². The van der Waals surface area contributed by atoms with E-state index >= 15 is 0 Å². The van der Waals surface area contributed by atoms with Gasteiger partial charge in [-0.1, -0.05) is 18.6 Å². The van der Waals surface area contributed by atoms with E-state index < -0.39 is 10.0 Å². The fourth-order valence-electron chi connectivity index (χ4n) is 4.41. The number of morpholine rings is 1. The number of rotatable bonds is 7. The maximum Gasteiger partial charge on any atom is 0.243 e. The molecule has 2 N–H and O–H groups in total. The van der Waals surface area contributed by atoms with Crippen LogP contribution in [0.4, 0.5) is 17.1 Å². The Morgan fingerprint density at radius 1 is 0.971 bits per heavy atom.